The zero-order valence-corrected chi connectivity index (χ0v) is 18.5. The number of rotatable bonds is 7. The highest BCUT2D eigenvalue weighted by Gasteiger charge is 2.31. The fraction of sp³-hybridized carbons (Fsp3) is 0.619. The summed E-state index contributed by atoms with van der Waals surface area (Å²) in [5.74, 6) is 0. The first kappa shape index (κ1) is 24.9. The minimum atomic E-state index is -1.20. The van der Waals surface area contributed by atoms with Gasteiger partial charge in [-0.3, -0.25) is 4.90 Å². The van der Waals surface area contributed by atoms with Gasteiger partial charge in [0.1, 0.15) is 11.2 Å². The molecule has 1 aromatic rings. The van der Waals surface area contributed by atoms with Crippen molar-refractivity contribution in [2.45, 2.75) is 65.8 Å². The van der Waals surface area contributed by atoms with Gasteiger partial charge in [0, 0.05) is 13.1 Å². The van der Waals surface area contributed by atoms with Gasteiger partial charge in [0.15, 0.2) is 0 Å². The summed E-state index contributed by atoms with van der Waals surface area (Å²) in [6, 6.07) is 9.44. The van der Waals surface area contributed by atoms with E-state index < -0.39 is 29.8 Å². The van der Waals surface area contributed by atoms with Crippen LogP contribution in [0, 0.1) is 0 Å². The van der Waals surface area contributed by atoms with Gasteiger partial charge in [-0.2, -0.15) is 0 Å². The molecular weight excluding hydrogens is 376 g/mol. The summed E-state index contributed by atoms with van der Waals surface area (Å²) in [6.07, 6.45) is -2.81. The number of ether oxygens (including phenoxy) is 3. The van der Waals surface area contributed by atoms with Crippen molar-refractivity contribution in [2.75, 3.05) is 20.1 Å². The second kappa shape index (κ2) is 10.6. The Balaban J connectivity index is 2.69. The van der Waals surface area contributed by atoms with Gasteiger partial charge in [-0.1, -0.05) is 30.3 Å². The predicted octanol–water partition coefficient (Wildman–Crippen LogP) is 3.58. The van der Waals surface area contributed by atoms with Gasteiger partial charge >= 0.3 is 12.2 Å². The van der Waals surface area contributed by atoms with E-state index in [1.807, 2.05) is 30.3 Å². The highest BCUT2D eigenvalue weighted by molar-refractivity contribution is 5.88. The van der Waals surface area contributed by atoms with Crippen LogP contribution in [-0.2, 0) is 20.8 Å². The van der Waals surface area contributed by atoms with Gasteiger partial charge in [0.25, 0.3) is 0 Å². The Morgan fingerprint density at radius 1 is 0.931 bits per heavy atom. The molecule has 1 rings (SSSR count). The second-order valence-electron chi connectivity index (χ2n) is 8.72. The van der Waals surface area contributed by atoms with Crippen LogP contribution in [0.3, 0.4) is 0 Å². The molecule has 0 spiro atoms. The summed E-state index contributed by atoms with van der Waals surface area (Å²) in [5, 5.41) is 10.2. The van der Waals surface area contributed by atoms with Gasteiger partial charge in [-0.15, -0.1) is 0 Å². The molecule has 0 bridgehead atoms. The molecule has 0 saturated carbocycles. The standard InChI is InChI=1S/C21H34N2O6/c1-20(2,3)28-18(25)23(19(26)29-21(4,5)6)14-13-22(7)17(24)27-15-16-11-9-8-10-12-16/h8-12,17,24H,13-15H2,1-7H3. The molecule has 0 radical (unpaired) electrons. The summed E-state index contributed by atoms with van der Waals surface area (Å²) in [4.78, 5) is 27.3. The number of benzene rings is 1. The van der Waals surface area contributed by atoms with E-state index in [9.17, 15) is 14.7 Å². The van der Waals surface area contributed by atoms with Gasteiger partial charge in [0.2, 0.25) is 6.41 Å². The molecule has 8 heteroatoms. The monoisotopic (exact) mass is 410 g/mol. The van der Waals surface area contributed by atoms with E-state index in [1.54, 1.807) is 48.6 Å². The molecule has 1 aromatic carbocycles. The summed E-state index contributed by atoms with van der Waals surface area (Å²) in [7, 11) is 1.62. The second-order valence-corrected chi connectivity index (χ2v) is 8.72. The van der Waals surface area contributed by atoms with Crippen LogP contribution < -0.4 is 0 Å². The molecule has 0 fully saturated rings. The SMILES string of the molecule is CN(CCN(C(=O)OC(C)(C)C)C(=O)OC(C)(C)C)C(O)OCc1ccccc1. The maximum atomic E-state index is 12.5. The third-order valence-corrected chi connectivity index (χ3v) is 3.52. The minimum Gasteiger partial charge on any atom is -0.443 e. The molecule has 1 unspecified atom stereocenters. The minimum absolute atomic E-state index is 0.0356. The summed E-state index contributed by atoms with van der Waals surface area (Å²) >= 11 is 0. The molecule has 0 aromatic heterocycles. The number of hydrogen-bond acceptors (Lipinski definition) is 7. The van der Waals surface area contributed by atoms with Crippen molar-refractivity contribution in [3.63, 3.8) is 0 Å². The van der Waals surface area contributed by atoms with Crippen LogP contribution in [0.1, 0.15) is 47.1 Å². The maximum Gasteiger partial charge on any atom is 0.419 e. The molecule has 164 valence electrons. The number of likely N-dealkylation sites (N-methyl/N-ethyl adjacent to an activating group) is 1. The highest BCUT2D eigenvalue weighted by atomic mass is 16.6. The molecule has 29 heavy (non-hydrogen) atoms. The van der Waals surface area contributed by atoms with E-state index in [0.29, 0.717) is 0 Å². The quantitative estimate of drug-likeness (QED) is 0.687. The smallest absolute Gasteiger partial charge is 0.419 e. The summed E-state index contributed by atoms with van der Waals surface area (Å²) in [5.41, 5.74) is -0.604. The first-order valence-corrected chi connectivity index (χ1v) is 9.56. The summed E-state index contributed by atoms with van der Waals surface area (Å²) in [6.45, 7) is 10.6. The Morgan fingerprint density at radius 2 is 1.41 bits per heavy atom. The van der Waals surface area contributed by atoms with Gasteiger partial charge in [-0.25, -0.2) is 14.5 Å². The van der Waals surface area contributed by atoms with E-state index in [0.717, 1.165) is 10.5 Å². The van der Waals surface area contributed by atoms with E-state index in [2.05, 4.69) is 0 Å². The van der Waals surface area contributed by atoms with Crippen LogP contribution in [0.5, 0.6) is 0 Å². The lowest BCUT2D eigenvalue weighted by atomic mass is 10.2. The van der Waals surface area contributed by atoms with E-state index in [4.69, 9.17) is 14.2 Å². The Hall–Kier alpha value is -2.16. The van der Waals surface area contributed by atoms with Crippen LogP contribution in [-0.4, -0.2) is 64.8 Å². The van der Waals surface area contributed by atoms with Gasteiger partial charge in [0.05, 0.1) is 6.61 Å². The molecule has 0 heterocycles. The lowest BCUT2D eigenvalue weighted by Crippen LogP contribution is -2.47. The van der Waals surface area contributed by atoms with Crippen molar-refractivity contribution in [3.05, 3.63) is 35.9 Å². The van der Waals surface area contributed by atoms with Crippen LogP contribution in [0.2, 0.25) is 0 Å². The molecule has 1 atom stereocenters. The molecule has 2 amide bonds. The largest absolute Gasteiger partial charge is 0.443 e. The zero-order chi connectivity index (χ0) is 22.2. The fourth-order valence-electron chi connectivity index (χ4n) is 2.13. The number of carbonyl (C=O) groups excluding carboxylic acids is 2. The molecule has 8 nitrogen and oxygen atoms in total. The Morgan fingerprint density at radius 3 is 1.86 bits per heavy atom. The number of carbonyl (C=O) groups is 2. The average molecular weight is 411 g/mol. The average Bonchev–Trinajstić information content (AvgIpc) is 2.57. The van der Waals surface area contributed by atoms with E-state index in [1.165, 1.54) is 4.90 Å². The molecule has 1 N–H and O–H groups in total. The van der Waals surface area contributed by atoms with E-state index >= 15 is 0 Å². The van der Waals surface area contributed by atoms with Crippen LogP contribution in [0.15, 0.2) is 30.3 Å². The number of aliphatic hydroxyl groups is 1. The molecule has 0 aliphatic heterocycles. The molecular formula is C21H34N2O6. The highest BCUT2D eigenvalue weighted by Crippen LogP contribution is 2.15. The van der Waals surface area contributed by atoms with Crippen molar-refractivity contribution in [3.8, 4) is 0 Å². The first-order chi connectivity index (χ1) is 13.3. The van der Waals surface area contributed by atoms with Crippen molar-refractivity contribution in [1.82, 2.24) is 9.80 Å². The molecule has 0 saturated heterocycles. The van der Waals surface area contributed by atoms with Crippen molar-refractivity contribution in [2.24, 2.45) is 0 Å². The van der Waals surface area contributed by atoms with Crippen molar-refractivity contribution >= 4 is 12.2 Å². The fourth-order valence-corrected chi connectivity index (χ4v) is 2.13. The third-order valence-electron chi connectivity index (χ3n) is 3.52. The Labute approximate surface area is 173 Å². The molecule has 0 aliphatic rings. The van der Waals surface area contributed by atoms with Crippen LogP contribution in [0.4, 0.5) is 9.59 Å². The van der Waals surface area contributed by atoms with Crippen LogP contribution in [0.25, 0.3) is 0 Å². The zero-order valence-electron chi connectivity index (χ0n) is 18.5. The Kier molecular flexibility index (Phi) is 9.07. The normalized spacial score (nSPS) is 13.1. The lowest BCUT2D eigenvalue weighted by Gasteiger charge is -2.30. The van der Waals surface area contributed by atoms with Crippen LogP contribution >= 0.6 is 0 Å². The summed E-state index contributed by atoms with van der Waals surface area (Å²) < 4.78 is 16.0. The van der Waals surface area contributed by atoms with Gasteiger partial charge in [-0.05, 0) is 54.2 Å². The number of amides is 2. The van der Waals surface area contributed by atoms with Gasteiger partial charge < -0.3 is 19.3 Å². The number of hydrogen-bond donors (Lipinski definition) is 1. The topological polar surface area (TPSA) is 88.5 Å². The number of nitrogens with zero attached hydrogens (tertiary/aromatic N) is 2. The maximum absolute atomic E-state index is 12.5. The number of imide groups is 1. The van der Waals surface area contributed by atoms with Crippen molar-refractivity contribution < 1.29 is 28.9 Å². The Bertz CT molecular complexity index is 623. The van der Waals surface area contributed by atoms with E-state index in [-0.39, 0.29) is 19.7 Å². The third kappa shape index (κ3) is 10.3. The lowest BCUT2D eigenvalue weighted by molar-refractivity contribution is -0.192. The first-order valence-electron chi connectivity index (χ1n) is 9.56. The van der Waals surface area contributed by atoms with Crippen molar-refractivity contribution in [1.29, 1.82) is 0 Å². The molecule has 0 aliphatic carbocycles. The number of aliphatic hydroxyl groups excluding tert-OH is 1. The predicted molar refractivity (Wildman–Crippen MR) is 109 cm³/mol.